The fourth-order valence-corrected chi connectivity index (χ4v) is 3.48. The van der Waals surface area contributed by atoms with Gasteiger partial charge in [0, 0.05) is 25.2 Å². The molecule has 0 spiro atoms. The first-order valence-corrected chi connectivity index (χ1v) is 7.92. The molecule has 2 rings (SSSR count). The van der Waals surface area contributed by atoms with Crippen molar-refractivity contribution in [2.45, 2.75) is 57.5 Å². The third kappa shape index (κ3) is 4.61. The number of nitrogens with zero attached hydrogens (tertiary/aromatic N) is 2. The predicted molar refractivity (Wildman–Crippen MR) is 85.4 cm³/mol. The summed E-state index contributed by atoms with van der Waals surface area (Å²) in [4.78, 5) is 16.9. The normalized spacial score (nSPS) is 23.6. The van der Waals surface area contributed by atoms with Crippen LogP contribution in [0.1, 0.15) is 45.4 Å². The molecule has 0 radical (unpaired) electrons. The fourth-order valence-electron chi connectivity index (χ4n) is 3.48. The average Bonchev–Trinajstić information content (AvgIpc) is 2.94. The molecule has 1 saturated carbocycles. The van der Waals surface area contributed by atoms with E-state index in [4.69, 9.17) is 0 Å². The molecule has 1 saturated heterocycles. The Balaban J connectivity index is 0.00000200. The zero-order valence-electron chi connectivity index (χ0n) is 12.9. The van der Waals surface area contributed by atoms with Crippen molar-refractivity contribution in [2.75, 3.05) is 33.2 Å². The zero-order chi connectivity index (χ0) is 13.7. The van der Waals surface area contributed by atoms with Crippen LogP contribution in [0.5, 0.6) is 0 Å². The number of carbonyl (C=O) groups is 1. The summed E-state index contributed by atoms with van der Waals surface area (Å²) in [5.41, 5.74) is 0. The third-order valence-electron chi connectivity index (χ3n) is 4.72. The first-order chi connectivity index (χ1) is 9.22. The highest BCUT2D eigenvalue weighted by molar-refractivity contribution is 5.85. The molecule has 2 fully saturated rings. The van der Waals surface area contributed by atoms with Gasteiger partial charge in [-0.1, -0.05) is 19.3 Å². The average molecular weight is 304 g/mol. The molecule has 2 aliphatic rings. The van der Waals surface area contributed by atoms with E-state index in [2.05, 4.69) is 29.1 Å². The van der Waals surface area contributed by atoms with Crippen LogP contribution in [0.4, 0.5) is 0 Å². The van der Waals surface area contributed by atoms with E-state index >= 15 is 0 Å². The van der Waals surface area contributed by atoms with Crippen molar-refractivity contribution in [3.8, 4) is 0 Å². The Hall–Kier alpha value is -0.320. The monoisotopic (exact) mass is 303 g/mol. The van der Waals surface area contributed by atoms with Crippen LogP contribution in [0.15, 0.2) is 0 Å². The smallest absolute Gasteiger partial charge is 0.236 e. The van der Waals surface area contributed by atoms with E-state index in [-0.39, 0.29) is 12.4 Å². The lowest BCUT2D eigenvalue weighted by molar-refractivity contribution is -0.135. The van der Waals surface area contributed by atoms with Crippen LogP contribution in [-0.4, -0.2) is 61.0 Å². The van der Waals surface area contributed by atoms with E-state index < -0.39 is 0 Å². The Morgan fingerprint density at radius 1 is 1.15 bits per heavy atom. The van der Waals surface area contributed by atoms with Crippen molar-refractivity contribution in [1.29, 1.82) is 0 Å². The van der Waals surface area contributed by atoms with E-state index in [1.54, 1.807) is 0 Å². The van der Waals surface area contributed by atoms with Crippen molar-refractivity contribution < 1.29 is 4.79 Å². The van der Waals surface area contributed by atoms with Crippen molar-refractivity contribution in [2.24, 2.45) is 0 Å². The third-order valence-corrected chi connectivity index (χ3v) is 4.72. The molecule has 4 nitrogen and oxygen atoms in total. The van der Waals surface area contributed by atoms with Crippen LogP contribution in [0.3, 0.4) is 0 Å². The van der Waals surface area contributed by atoms with Crippen LogP contribution < -0.4 is 5.32 Å². The molecule has 1 heterocycles. The summed E-state index contributed by atoms with van der Waals surface area (Å²) in [6, 6.07) is 1.04. The zero-order valence-corrected chi connectivity index (χ0v) is 13.8. The predicted octanol–water partition coefficient (Wildman–Crippen LogP) is 1.88. The van der Waals surface area contributed by atoms with Crippen molar-refractivity contribution in [3.05, 3.63) is 0 Å². The number of nitrogens with one attached hydrogen (secondary N) is 1. The second-order valence-electron chi connectivity index (χ2n) is 6.03. The van der Waals surface area contributed by atoms with Crippen LogP contribution in [0.2, 0.25) is 0 Å². The van der Waals surface area contributed by atoms with Gasteiger partial charge in [-0.3, -0.25) is 9.69 Å². The van der Waals surface area contributed by atoms with Gasteiger partial charge in [0.05, 0.1) is 6.54 Å². The lowest BCUT2D eigenvalue weighted by Gasteiger charge is -2.35. The summed E-state index contributed by atoms with van der Waals surface area (Å²) in [5.74, 6) is 0.323. The Bertz CT molecular complexity index is 289. The minimum atomic E-state index is 0. The van der Waals surface area contributed by atoms with E-state index in [0.717, 1.165) is 19.6 Å². The molecule has 20 heavy (non-hydrogen) atoms. The number of rotatable bonds is 5. The fraction of sp³-hybridized carbons (Fsp3) is 0.933. The maximum Gasteiger partial charge on any atom is 0.236 e. The van der Waals surface area contributed by atoms with Crippen LogP contribution in [0.25, 0.3) is 0 Å². The van der Waals surface area contributed by atoms with Gasteiger partial charge in [0.1, 0.15) is 0 Å². The van der Waals surface area contributed by atoms with Gasteiger partial charge in [-0.15, -0.1) is 12.4 Å². The van der Waals surface area contributed by atoms with Crippen LogP contribution in [-0.2, 0) is 4.79 Å². The molecule has 1 aliphatic heterocycles. The molecule has 0 aromatic heterocycles. The van der Waals surface area contributed by atoms with E-state index in [9.17, 15) is 4.79 Å². The summed E-state index contributed by atoms with van der Waals surface area (Å²) in [7, 11) is 2.09. The molecule has 0 aromatic carbocycles. The summed E-state index contributed by atoms with van der Waals surface area (Å²) >= 11 is 0. The number of amides is 1. The SMILES string of the molecule is CCN(C(=O)CN(C)C1CCNC1)C1CCCCC1.Cl. The number of hydrogen-bond donors (Lipinski definition) is 1. The first kappa shape index (κ1) is 17.7. The van der Waals surface area contributed by atoms with Gasteiger partial charge in [0.2, 0.25) is 5.91 Å². The minimum Gasteiger partial charge on any atom is -0.339 e. The molecule has 5 heteroatoms. The highest BCUT2D eigenvalue weighted by atomic mass is 35.5. The van der Waals surface area contributed by atoms with Gasteiger partial charge in [-0.25, -0.2) is 0 Å². The molecule has 0 aromatic rings. The molecule has 0 bridgehead atoms. The second-order valence-corrected chi connectivity index (χ2v) is 6.03. The Morgan fingerprint density at radius 2 is 1.85 bits per heavy atom. The highest BCUT2D eigenvalue weighted by Crippen LogP contribution is 2.22. The maximum atomic E-state index is 12.5. The van der Waals surface area contributed by atoms with E-state index in [1.165, 1.54) is 38.5 Å². The van der Waals surface area contributed by atoms with Crippen molar-refractivity contribution >= 4 is 18.3 Å². The summed E-state index contributed by atoms with van der Waals surface area (Å²) in [6.07, 6.45) is 7.49. The molecule has 1 aliphatic carbocycles. The second kappa shape index (κ2) is 8.85. The molecule has 1 unspecified atom stereocenters. The largest absolute Gasteiger partial charge is 0.339 e. The molecule has 1 atom stereocenters. The topological polar surface area (TPSA) is 35.6 Å². The summed E-state index contributed by atoms with van der Waals surface area (Å²) in [5, 5.41) is 3.37. The Kier molecular flexibility index (Phi) is 7.85. The molecular weight excluding hydrogens is 274 g/mol. The maximum absolute atomic E-state index is 12.5. The number of carbonyl (C=O) groups excluding carboxylic acids is 1. The summed E-state index contributed by atoms with van der Waals surface area (Å²) in [6.45, 7) is 5.67. The van der Waals surface area contributed by atoms with Gasteiger partial charge in [-0.05, 0) is 39.8 Å². The molecule has 118 valence electrons. The lowest BCUT2D eigenvalue weighted by Crippen LogP contribution is -2.47. The molecule has 1 amide bonds. The number of likely N-dealkylation sites (N-methyl/N-ethyl adjacent to an activating group) is 2. The van der Waals surface area contributed by atoms with Gasteiger partial charge >= 0.3 is 0 Å². The number of halogens is 1. The van der Waals surface area contributed by atoms with Crippen molar-refractivity contribution in [3.63, 3.8) is 0 Å². The van der Waals surface area contributed by atoms with Gasteiger partial charge < -0.3 is 10.2 Å². The Morgan fingerprint density at radius 3 is 2.40 bits per heavy atom. The van der Waals surface area contributed by atoms with Gasteiger partial charge in [-0.2, -0.15) is 0 Å². The minimum absolute atomic E-state index is 0. The van der Waals surface area contributed by atoms with E-state index in [1.807, 2.05) is 0 Å². The van der Waals surface area contributed by atoms with Gasteiger partial charge in [0.25, 0.3) is 0 Å². The van der Waals surface area contributed by atoms with Crippen molar-refractivity contribution in [1.82, 2.24) is 15.1 Å². The molecule has 1 N–H and O–H groups in total. The molecular formula is C15H30ClN3O. The van der Waals surface area contributed by atoms with E-state index in [0.29, 0.717) is 24.5 Å². The highest BCUT2D eigenvalue weighted by Gasteiger charge is 2.27. The Labute approximate surface area is 129 Å². The first-order valence-electron chi connectivity index (χ1n) is 7.92. The lowest BCUT2D eigenvalue weighted by atomic mass is 9.94. The number of hydrogen-bond acceptors (Lipinski definition) is 3. The standard InChI is InChI=1S/C15H29N3O.ClH/c1-3-18(13-7-5-4-6-8-13)15(19)12-17(2)14-9-10-16-11-14;/h13-14,16H,3-12H2,1-2H3;1H. The van der Waals surface area contributed by atoms with Crippen LogP contribution >= 0.6 is 12.4 Å². The van der Waals surface area contributed by atoms with Crippen LogP contribution in [0, 0.1) is 0 Å². The quantitative estimate of drug-likeness (QED) is 0.842. The van der Waals surface area contributed by atoms with Gasteiger partial charge in [0.15, 0.2) is 0 Å². The summed E-state index contributed by atoms with van der Waals surface area (Å²) < 4.78 is 0.